The van der Waals surface area contributed by atoms with E-state index in [1.807, 2.05) is 61.5 Å². The van der Waals surface area contributed by atoms with E-state index in [9.17, 15) is 4.79 Å². The van der Waals surface area contributed by atoms with Crippen LogP contribution in [-0.4, -0.2) is 25.1 Å². The molecule has 2 heterocycles. The lowest BCUT2D eigenvalue weighted by Gasteiger charge is -2.15. The van der Waals surface area contributed by atoms with Crippen molar-refractivity contribution in [2.24, 2.45) is 4.99 Å². The molecule has 2 aliphatic rings. The minimum atomic E-state index is -0.464. The number of nitrogens with zero attached hydrogens (tertiary/aromatic N) is 1. The van der Waals surface area contributed by atoms with E-state index in [0.717, 1.165) is 28.2 Å². The zero-order valence-electron chi connectivity index (χ0n) is 14.3. The van der Waals surface area contributed by atoms with Crippen molar-refractivity contribution < 1.29 is 19.0 Å². The Morgan fingerprint density at radius 2 is 1.96 bits per heavy atom. The maximum atomic E-state index is 12.1. The number of aliphatic imine (C=N–C) groups is 1. The number of hydrogen-bond donors (Lipinski definition) is 0. The summed E-state index contributed by atoms with van der Waals surface area (Å²) < 4.78 is 16.4. The number of para-hydroxylation sites is 1. The molecule has 4 rings (SSSR count). The molecular formula is C21H17NO4. The molecule has 2 aromatic rings. The summed E-state index contributed by atoms with van der Waals surface area (Å²) in [5.74, 6) is 1.43. The lowest BCUT2D eigenvalue weighted by Crippen LogP contribution is -2.08. The van der Waals surface area contributed by atoms with Crippen molar-refractivity contribution in [2.45, 2.75) is 6.92 Å². The predicted octanol–water partition coefficient (Wildman–Crippen LogP) is 3.75. The maximum Gasteiger partial charge on any atom is 0.363 e. The van der Waals surface area contributed by atoms with Crippen molar-refractivity contribution in [1.82, 2.24) is 0 Å². The summed E-state index contributed by atoms with van der Waals surface area (Å²) >= 11 is 0. The third-order valence-electron chi connectivity index (χ3n) is 4.01. The molecule has 0 aliphatic carbocycles. The van der Waals surface area contributed by atoms with E-state index in [2.05, 4.69) is 4.99 Å². The van der Waals surface area contributed by atoms with Gasteiger partial charge in [0.15, 0.2) is 5.70 Å². The van der Waals surface area contributed by atoms with Crippen molar-refractivity contribution in [2.75, 3.05) is 13.2 Å². The Bertz CT molecular complexity index is 939. The molecule has 5 nitrogen and oxygen atoms in total. The third kappa shape index (κ3) is 3.24. The number of carbonyl (C=O) groups excluding carboxylic acids is 1. The van der Waals surface area contributed by atoms with Crippen LogP contribution >= 0.6 is 0 Å². The van der Waals surface area contributed by atoms with Gasteiger partial charge in [-0.1, -0.05) is 18.2 Å². The molecule has 0 bridgehead atoms. The van der Waals surface area contributed by atoms with Crippen LogP contribution in [0.25, 0.3) is 6.08 Å². The highest BCUT2D eigenvalue weighted by atomic mass is 16.6. The van der Waals surface area contributed by atoms with Crippen LogP contribution in [0.3, 0.4) is 0 Å². The Hall–Kier alpha value is -3.34. The quantitative estimate of drug-likeness (QED) is 0.624. The van der Waals surface area contributed by atoms with E-state index < -0.39 is 5.97 Å². The highest BCUT2D eigenvalue weighted by molar-refractivity contribution is 6.11. The van der Waals surface area contributed by atoms with Gasteiger partial charge < -0.3 is 14.2 Å². The lowest BCUT2D eigenvalue weighted by atomic mass is 10.1. The molecular weight excluding hydrogens is 330 g/mol. The second-order valence-electron chi connectivity index (χ2n) is 5.84. The molecule has 26 heavy (non-hydrogen) atoms. The first-order chi connectivity index (χ1) is 12.7. The number of benzene rings is 2. The fraction of sp³-hybridized carbons (Fsp3) is 0.143. The molecule has 5 heteroatoms. The largest absolute Gasteiger partial charge is 0.494 e. The zero-order valence-corrected chi connectivity index (χ0v) is 14.3. The molecule has 2 aliphatic heterocycles. The van der Waals surface area contributed by atoms with E-state index in [1.54, 1.807) is 6.08 Å². The van der Waals surface area contributed by atoms with Crippen LogP contribution in [0.4, 0.5) is 0 Å². The average molecular weight is 347 g/mol. The van der Waals surface area contributed by atoms with Gasteiger partial charge in [0.1, 0.15) is 18.1 Å². The van der Waals surface area contributed by atoms with Gasteiger partial charge in [-0.15, -0.1) is 0 Å². The molecule has 0 spiro atoms. The highest BCUT2D eigenvalue weighted by Crippen LogP contribution is 2.27. The fourth-order valence-corrected chi connectivity index (χ4v) is 2.79. The molecule has 0 radical (unpaired) electrons. The summed E-state index contributed by atoms with van der Waals surface area (Å²) in [5.41, 5.74) is 2.84. The first kappa shape index (κ1) is 16.1. The lowest BCUT2D eigenvalue weighted by molar-refractivity contribution is -0.130. The van der Waals surface area contributed by atoms with Gasteiger partial charge in [0, 0.05) is 11.1 Å². The van der Waals surface area contributed by atoms with Crippen LogP contribution in [0.2, 0.25) is 0 Å². The molecule has 0 atom stereocenters. The number of carbonyl (C=O) groups is 1. The minimum absolute atomic E-state index is 0.267. The van der Waals surface area contributed by atoms with E-state index >= 15 is 0 Å². The Labute approximate surface area is 151 Å². The highest BCUT2D eigenvalue weighted by Gasteiger charge is 2.25. The molecule has 0 fully saturated rings. The second-order valence-corrected chi connectivity index (χ2v) is 5.84. The summed E-state index contributed by atoms with van der Waals surface area (Å²) in [6.07, 6.45) is 3.70. The van der Waals surface area contributed by atoms with Gasteiger partial charge >= 0.3 is 5.97 Å². The first-order valence-corrected chi connectivity index (χ1v) is 8.41. The van der Waals surface area contributed by atoms with Crippen LogP contribution in [0.15, 0.2) is 70.9 Å². The van der Waals surface area contributed by atoms with Crippen molar-refractivity contribution >= 4 is 17.9 Å². The smallest absolute Gasteiger partial charge is 0.363 e. The van der Waals surface area contributed by atoms with Gasteiger partial charge in [-0.25, -0.2) is 9.79 Å². The van der Waals surface area contributed by atoms with Gasteiger partial charge in [-0.05, 0) is 55.0 Å². The van der Waals surface area contributed by atoms with Crippen LogP contribution in [0.1, 0.15) is 18.1 Å². The summed E-state index contributed by atoms with van der Waals surface area (Å²) in [6.45, 7) is 2.92. The zero-order chi connectivity index (χ0) is 17.9. The molecule has 0 unspecified atom stereocenters. The Morgan fingerprint density at radius 1 is 1.15 bits per heavy atom. The third-order valence-corrected chi connectivity index (χ3v) is 4.01. The van der Waals surface area contributed by atoms with Crippen LogP contribution in [0, 0.1) is 0 Å². The number of cyclic esters (lactones) is 1. The summed E-state index contributed by atoms with van der Waals surface area (Å²) in [5, 5.41) is 0. The van der Waals surface area contributed by atoms with Crippen LogP contribution in [0.5, 0.6) is 11.5 Å². The van der Waals surface area contributed by atoms with E-state index in [-0.39, 0.29) is 5.70 Å². The van der Waals surface area contributed by atoms with Crippen LogP contribution in [-0.2, 0) is 9.53 Å². The first-order valence-electron chi connectivity index (χ1n) is 8.41. The van der Waals surface area contributed by atoms with Crippen molar-refractivity contribution in [3.63, 3.8) is 0 Å². The van der Waals surface area contributed by atoms with Gasteiger partial charge in [0.2, 0.25) is 5.90 Å². The summed E-state index contributed by atoms with van der Waals surface area (Å²) in [7, 11) is 0. The monoisotopic (exact) mass is 347 g/mol. The Balaban J connectivity index is 1.58. The second kappa shape index (κ2) is 6.88. The molecule has 0 N–H and O–H groups in total. The van der Waals surface area contributed by atoms with Crippen molar-refractivity contribution in [3.05, 3.63) is 77.0 Å². The van der Waals surface area contributed by atoms with E-state index in [1.165, 1.54) is 0 Å². The molecule has 0 saturated heterocycles. The summed E-state index contributed by atoms with van der Waals surface area (Å²) in [6, 6.07) is 15.0. The Morgan fingerprint density at radius 3 is 2.77 bits per heavy atom. The van der Waals surface area contributed by atoms with Gasteiger partial charge in [0.05, 0.1) is 6.61 Å². The number of rotatable bonds is 4. The Kier molecular flexibility index (Phi) is 4.27. The number of fused-ring (bicyclic) bond motifs is 1. The predicted molar refractivity (Wildman–Crippen MR) is 98.2 cm³/mol. The molecule has 0 saturated carbocycles. The number of ether oxygens (including phenoxy) is 3. The van der Waals surface area contributed by atoms with Crippen molar-refractivity contribution in [3.8, 4) is 11.5 Å². The summed E-state index contributed by atoms with van der Waals surface area (Å²) in [4.78, 5) is 16.5. The SMILES string of the molecule is CCOc1ccc(C2=N/C(=C/C3=Cc4ccccc4OC3)C(=O)O2)cc1. The van der Waals surface area contributed by atoms with Gasteiger partial charge in [-0.2, -0.15) is 0 Å². The standard InChI is InChI=1S/C21H17NO4/c1-2-24-17-9-7-15(8-10-17)20-22-18(21(23)26-20)12-14-11-16-5-3-4-6-19(16)25-13-14/h3-12H,2,13H2,1H3/b18-12+. The van der Waals surface area contributed by atoms with Gasteiger partial charge in [-0.3, -0.25) is 0 Å². The van der Waals surface area contributed by atoms with Crippen LogP contribution < -0.4 is 9.47 Å². The number of hydrogen-bond acceptors (Lipinski definition) is 5. The van der Waals surface area contributed by atoms with Gasteiger partial charge in [0.25, 0.3) is 0 Å². The molecule has 0 aromatic heterocycles. The minimum Gasteiger partial charge on any atom is -0.494 e. The van der Waals surface area contributed by atoms with Crippen molar-refractivity contribution in [1.29, 1.82) is 0 Å². The molecule has 0 amide bonds. The molecule has 130 valence electrons. The normalized spacial score (nSPS) is 17.1. The van der Waals surface area contributed by atoms with E-state index in [4.69, 9.17) is 14.2 Å². The topological polar surface area (TPSA) is 57.1 Å². The number of esters is 1. The average Bonchev–Trinajstić information content (AvgIpc) is 3.03. The fourth-order valence-electron chi connectivity index (χ4n) is 2.79. The van der Waals surface area contributed by atoms with E-state index in [0.29, 0.717) is 19.1 Å². The molecule has 2 aromatic carbocycles. The maximum absolute atomic E-state index is 12.1.